The van der Waals surface area contributed by atoms with Gasteiger partial charge >= 0.3 is 0 Å². The molecule has 21 heavy (non-hydrogen) atoms. The van der Waals surface area contributed by atoms with Crippen LogP contribution < -0.4 is 15.8 Å². The minimum atomic E-state index is -0.346. The van der Waals surface area contributed by atoms with E-state index < -0.39 is 0 Å². The predicted octanol–water partition coefficient (Wildman–Crippen LogP) is 4.25. The molecular formula is C14H11Cl3N2O2. The molecule has 110 valence electrons. The third-order valence-electron chi connectivity index (χ3n) is 2.51. The van der Waals surface area contributed by atoms with Crippen LogP contribution in [0.4, 0.5) is 11.4 Å². The Balaban J connectivity index is 1.97. The smallest absolute Gasteiger partial charge is 0.262 e. The summed E-state index contributed by atoms with van der Waals surface area (Å²) in [5.41, 5.74) is 6.79. The molecule has 0 radical (unpaired) electrons. The molecule has 2 aromatic carbocycles. The van der Waals surface area contributed by atoms with E-state index in [4.69, 9.17) is 45.3 Å². The normalized spacial score (nSPS) is 10.2. The van der Waals surface area contributed by atoms with E-state index in [-0.39, 0.29) is 28.3 Å². The van der Waals surface area contributed by atoms with E-state index in [0.717, 1.165) is 0 Å². The lowest BCUT2D eigenvalue weighted by Gasteiger charge is -2.10. The second-order valence-electron chi connectivity index (χ2n) is 4.16. The van der Waals surface area contributed by atoms with E-state index >= 15 is 0 Å². The Morgan fingerprint density at radius 3 is 2.24 bits per heavy atom. The van der Waals surface area contributed by atoms with E-state index in [2.05, 4.69) is 5.32 Å². The average molecular weight is 346 g/mol. The zero-order chi connectivity index (χ0) is 15.4. The number of amides is 1. The first-order valence-electron chi connectivity index (χ1n) is 5.88. The Morgan fingerprint density at radius 2 is 1.67 bits per heavy atom. The van der Waals surface area contributed by atoms with Crippen molar-refractivity contribution >= 4 is 52.1 Å². The maximum Gasteiger partial charge on any atom is 0.262 e. The molecule has 0 aliphatic heterocycles. The summed E-state index contributed by atoms with van der Waals surface area (Å²) in [4.78, 5) is 11.8. The minimum Gasteiger partial charge on any atom is -0.481 e. The minimum absolute atomic E-state index is 0.218. The summed E-state index contributed by atoms with van der Waals surface area (Å²) < 4.78 is 5.32. The monoisotopic (exact) mass is 344 g/mol. The summed E-state index contributed by atoms with van der Waals surface area (Å²) in [6, 6.07) is 9.72. The highest BCUT2D eigenvalue weighted by atomic mass is 35.5. The van der Waals surface area contributed by atoms with Crippen molar-refractivity contribution in [2.75, 3.05) is 17.7 Å². The van der Waals surface area contributed by atoms with Crippen LogP contribution in [0.2, 0.25) is 15.1 Å². The van der Waals surface area contributed by atoms with Gasteiger partial charge < -0.3 is 15.8 Å². The van der Waals surface area contributed by atoms with Crippen molar-refractivity contribution in [3.8, 4) is 5.75 Å². The van der Waals surface area contributed by atoms with Crippen LogP contribution >= 0.6 is 34.8 Å². The molecule has 0 aliphatic rings. The van der Waals surface area contributed by atoms with Crippen molar-refractivity contribution in [1.29, 1.82) is 0 Å². The fourth-order valence-electron chi connectivity index (χ4n) is 1.57. The Kier molecular flexibility index (Phi) is 5.17. The zero-order valence-corrected chi connectivity index (χ0v) is 13.0. The number of benzene rings is 2. The first kappa shape index (κ1) is 15.8. The second-order valence-corrected chi connectivity index (χ2v) is 5.41. The van der Waals surface area contributed by atoms with Gasteiger partial charge in [0.15, 0.2) is 12.4 Å². The van der Waals surface area contributed by atoms with Crippen LogP contribution in [0.3, 0.4) is 0 Å². The number of hydrogen-bond acceptors (Lipinski definition) is 3. The van der Waals surface area contributed by atoms with Crippen molar-refractivity contribution in [2.24, 2.45) is 0 Å². The summed E-state index contributed by atoms with van der Waals surface area (Å²) in [5.74, 6) is -0.128. The molecule has 3 N–H and O–H groups in total. The van der Waals surface area contributed by atoms with Crippen molar-refractivity contribution < 1.29 is 9.53 Å². The number of nitrogen functional groups attached to an aromatic ring is 1. The van der Waals surface area contributed by atoms with E-state index in [1.165, 1.54) is 12.1 Å². The van der Waals surface area contributed by atoms with Crippen LogP contribution in [0.25, 0.3) is 0 Å². The molecule has 0 fully saturated rings. The van der Waals surface area contributed by atoms with Crippen molar-refractivity contribution in [3.05, 3.63) is 51.5 Å². The second kappa shape index (κ2) is 6.89. The topological polar surface area (TPSA) is 64.3 Å². The number of nitrogens with two attached hydrogens (primary N) is 1. The highest BCUT2D eigenvalue weighted by molar-refractivity contribution is 6.40. The van der Waals surface area contributed by atoms with Crippen molar-refractivity contribution in [1.82, 2.24) is 0 Å². The lowest BCUT2D eigenvalue weighted by atomic mass is 10.3. The van der Waals surface area contributed by atoms with Gasteiger partial charge in [0.25, 0.3) is 5.91 Å². The van der Waals surface area contributed by atoms with Crippen LogP contribution in [0.1, 0.15) is 0 Å². The molecule has 0 heterocycles. The fourth-order valence-corrected chi connectivity index (χ4v) is 2.49. The molecule has 1 amide bonds. The van der Waals surface area contributed by atoms with Gasteiger partial charge in [-0.3, -0.25) is 4.79 Å². The van der Waals surface area contributed by atoms with Gasteiger partial charge in [0.1, 0.15) is 0 Å². The number of hydrogen-bond donors (Lipinski definition) is 2. The molecule has 0 unspecified atom stereocenters. The average Bonchev–Trinajstić information content (AvgIpc) is 2.40. The molecule has 0 bridgehead atoms. The maximum atomic E-state index is 11.8. The lowest BCUT2D eigenvalue weighted by molar-refractivity contribution is -0.118. The van der Waals surface area contributed by atoms with Crippen LogP contribution in [0.5, 0.6) is 5.75 Å². The Morgan fingerprint density at radius 1 is 1.10 bits per heavy atom. The predicted molar refractivity (Wildman–Crippen MR) is 86.5 cm³/mol. The number of carbonyl (C=O) groups excluding carboxylic acids is 1. The van der Waals surface area contributed by atoms with Gasteiger partial charge in [0.2, 0.25) is 0 Å². The molecule has 4 nitrogen and oxygen atoms in total. The summed E-state index contributed by atoms with van der Waals surface area (Å²) >= 11 is 17.7. The SMILES string of the molecule is Nc1ccc(NC(=O)COc2c(Cl)cc(Cl)cc2Cl)cc1. The highest BCUT2D eigenvalue weighted by Gasteiger charge is 2.11. The van der Waals surface area contributed by atoms with Gasteiger partial charge in [0, 0.05) is 16.4 Å². The Hall–Kier alpha value is -1.62. The summed E-state index contributed by atoms with van der Waals surface area (Å²) in [6.45, 7) is -0.231. The number of anilines is 2. The van der Waals surface area contributed by atoms with E-state index in [1.54, 1.807) is 24.3 Å². The largest absolute Gasteiger partial charge is 0.481 e. The Bertz CT molecular complexity index is 637. The van der Waals surface area contributed by atoms with Gasteiger partial charge in [0.05, 0.1) is 10.0 Å². The molecule has 0 saturated carbocycles. The van der Waals surface area contributed by atoms with Gasteiger partial charge in [-0.05, 0) is 36.4 Å². The van der Waals surface area contributed by atoms with E-state index in [1.807, 2.05) is 0 Å². The van der Waals surface area contributed by atoms with Crippen molar-refractivity contribution in [3.63, 3.8) is 0 Å². The number of ether oxygens (including phenoxy) is 1. The lowest BCUT2D eigenvalue weighted by Crippen LogP contribution is -2.20. The van der Waals surface area contributed by atoms with Crippen LogP contribution in [-0.4, -0.2) is 12.5 Å². The Labute approximate surface area is 136 Å². The van der Waals surface area contributed by atoms with E-state index in [0.29, 0.717) is 16.4 Å². The molecule has 0 aromatic heterocycles. The highest BCUT2D eigenvalue weighted by Crippen LogP contribution is 2.35. The molecule has 2 rings (SSSR count). The van der Waals surface area contributed by atoms with Crippen LogP contribution in [0, 0.1) is 0 Å². The number of halogens is 3. The molecule has 0 aliphatic carbocycles. The molecule has 0 spiro atoms. The third kappa shape index (κ3) is 4.43. The number of carbonyl (C=O) groups is 1. The first-order valence-corrected chi connectivity index (χ1v) is 7.02. The molecule has 0 saturated heterocycles. The molecular weight excluding hydrogens is 335 g/mol. The molecule has 7 heteroatoms. The third-order valence-corrected chi connectivity index (χ3v) is 3.28. The first-order chi connectivity index (χ1) is 9.95. The quantitative estimate of drug-likeness (QED) is 0.814. The van der Waals surface area contributed by atoms with Gasteiger partial charge in [-0.1, -0.05) is 34.8 Å². The van der Waals surface area contributed by atoms with E-state index in [9.17, 15) is 4.79 Å². The zero-order valence-electron chi connectivity index (χ0n) is 10.7. The van der Waals surface area contributed by atoms with Gasteiger partial charge in [-0.25, -0.2) is 0 Å². The van der Waals surface area contributed by atoms with Crippen molar-refractivity contribution in [2.45, 2.75) is 0 Å². The summed E-state index contributed by atoms with van der Waals surface area (Å²) in [5, 5.41) is 3.54. The molecule has 0 atom stereocenters. The van der Waals surface area contributed by atoms with Gasteiger partial charge in [-0.15, -0.1) is 0 Å². The summed E-state index contributed by atoms with van der Waals surface area (Å²) in [7, 11) is 0. The molecule has 2 aromatic rings. The van der Waals surface area contributed by atoms with Gasteiger partial charge in [-0.2, -0.15) is 0 Å². The summed E-state index contributed by atoms with van der Waals surface area (Å²) in [6.07, 6.45) is 0. The maximum absolute atomic E-state index is 11.8. The standard InChI is InChI=1S/C14H11Cl3N2O2/c15-8-5-11(16)14(12(17)6-8)21-7-13(20)19-10-3-1-9(18)2-4-10/h1-6H,7,18H2,(H,19,20). The van der Waals surface area contributed by atoms with Crippen LogP contribution in [0.15, 0.2) is 36.4 Å². The number of nitrogens with one attached hydrogen (secondary N) is 1. The number of rotatable bonds is 4. The van der Waals surface area contributed by atoms with Crippen LogP contribution in [-0.2, 0) is 4.79 Å². The fraction of sp³-hybridized carbons (Fsp3) is 0.0714.